The highest BCUT2D eigenvalue weighted by atomic mass is 16.6. The van der Waals surface area contributed by atoms with Crippen molar-refractivity contribution >= 4 is 17.6 Å². The Morgan fingerprint density at radius 2 is 1.71 bits per heavy atom. The van der Waals surface area contributed by atoms with Gasteiger partial charge < -0.3 is 19.3 Å². The van der Waals surface area contributed by atoms with E-state index in [0.29, 0.717) is 26.2 Å². The minimum Gasteiger partial charge on any atom is -0.490 e. The largest absolute Gasteiger partial charge is 0.490 e. The molecule has 2 aromatic heterocycles. The maximum absolute atomic E-state index is 12.1. The van der Waals surface area contributed by atoms with Crippen molar-refractivity contribution in [3.05, 3.63) is 42.6 Å². The van der Waals surface area contributed by atoms with Crippen LogP contribution in [0, 0.1) is 0 Å². The van der Waals surface area contributed by atoms with Crippen LogP contribution < -0.4 is 9.64 Å². The Morgan fingerprint density at radius 1 is 0.968 bits per heavy atom. The number of carbonyl (C=O) groups excluding carboxylic acids is 1. The Kier molecular flexibility index (Phi) is 5.97. The number of rotatable bonds is 5. The van der Waals surface area contributed by atoms with Gasteiger partial charge in [0.15, 0.2) is 5.65 Å². The normalized spacial score (nSPS) is 14.5. The van der Waals surface area contributed by atoms with Gasteiger partial charge in [-0.25, -0.2) is 14.3 Å². The summed E-state index contributed by atoms with van der Waals surface area (Å²) in [5.41, 5.74) is 2.61. The van der Waals surface area contributed by atoms with Crippen molar-refractivity contribution in [3.8, 4) is 17.0 Å². The van der Waals surface area contributed by atoms with Gasteiger partial charge in [0.2, 0.25) is 0 Å². The molecule has 3 aromatic rings. The second kappa shape index (κ2) is 8.83. The predicted molar refractivity (Wildman–Crippen MR) is 120 cm³/mol. The van der Waals surface area contributed by atoms with Gasteiger partial charge >= 0.3 is 6.09 Å². The van der Waals surface area contributed by atoms with Crippen molar-refractivity contribution in [1.82, 2.24) is 19.5 Å². The van der Waals surface area contributed by atoms with Gasteiger partial charge in [0.1, 0.15) is 11.6 Å². The SMILES string of the molecule is CC(C)OC(=O)N1CCN(c2ccc3ncc(-c4ccccc4OC(C)C)n3n2)CC1. The van der Waals surface area contributed by atoms with Gasteiger partial charge in [-0.3, -0.25) is 0 Å². The average Bonchev–Trinajstić information content (AvgIpc) is 3.16. The quantitative estimate of drug-likeness (QED) is 0.621. The molecule has 0 N–H and O–H groups in total. The third-order valence-corrected chi connectivity index (χ3v) is 5.07. The predicted octanol–water partition coefficient (Wildman–Crippen LogP) is 3.85. The Morgan fingerprint density at radius 3 is 2.42 bits per heavy atom. The summed E-state index contributed by atoms with van der Waals surface area (Å²) in [5, 5.41) is 4.86. The molecule has 3 heterocycles. The van der Waals surface area contributed by atoms with E-state index in [-0.39, 0.29) is 18.3 Å². The van der Waals surface area contributed by atoms with E-state index in [4.69, 9.17) is 14.6 Å². The number of carbonyl (C=O) groups is 1. The van der Waals surface area contributed by atoms with E-state index in [2.05, 4.69) is 9.88 Å². The number of piperazine rings is 1. The third kappa shape index (κ3) is 4.57. The fourth-order valence-electron chi connectivity index (χ4n) is 3.65. The van der Waals surface area contributed by atoms with Crippen LogP contribution in [0.4, 0.5) is 10.6 Å². The highest BCUT2D eigenvalue weighted by molar-refractivity contribution is 5.70. The number of benzene rings is 1. The first-order valence-corrected chi connectivity index (χ1v) is 10.7. The number of amides is 1. The van der Waals surface area contributed by atoms with E-state index in [1.807, 2.05) is 74.8 Å². The summed E-state index contributed by atoms with van der Waals surface area (Å²) >= 11 is 0. The van der Waals surface area contributed by atoms with Gasteiger partial charge in [0.25, 0.3) is 0 Å². The Balaban J connectivity index is 1.57. The van der Waals surface area contributed by atoms with E-state index < -0.39 is 0 Å². The first-order valence-electron chi connectivity index (χ1n) is 10.7. The number of hydrogen-bond donors (Lipinski definition) is 0. The molecule has 1 amide bonds. The minimum atomic E-state index is -0.253. The highest BCUT2D eigenvalue weighted by Crippen LogP contribution is 2.31. The molecule has 1 aliphatic rings. The highest BCUT2D eigenvalue weighted by Gasteiger charge is 2.24. The van der Waals surface area contributed by atoms with Crippen LogP contribution in [0.3, 0.4) is 0 Å². The van der Waals surface area contributed by atoms with Gasteiger partial charge in [-0.05, 0) is 52.0 Å². The molecule has 0 atom stereocenters. The number of hydrogen-bond acceptors (Lipinski definition) is 6. The molecule has 164 valence electrons. The lowest BCUT2D eigenvalue weighted by atomic mass is 10.1. The number of para-hydroxylation sites is 1. The molecule has 1 saturated heterocycles. The van der Waals surface area contributed by atoms with Crippen molar-refractivity contribution in [2.24, 2.45) is 0 Å². The van der Waals surface area contributed by atoms with Gasteiger partial charge in [-0.1, -0.05) is 12.1 Å². The minimum absolute atomic E-state index is 0.0718. The summed E-state index contributed by atoms with van der Waals surface area (Å²) in [6.45, 7) is 10.4. The molecular formula is C23H29N5O3. The van der Waals surface area contributed by atoms with Crippen LogP contribution in [-0.2, 0) is 4.74 Å². The second-order valence-electron chi connectivity index (χ2n) is 8.17. The molecule has 0 bridgehead atoms. The number of fused-ring (bicyclic) bond motifs is 1. The molecule has 0 saturated carbocycles. The number of ether oxygens (including phenoxy) is 2. The summed E-state index contributed by atoms with van der Waals surface area (Å²) in [6.07, 6.45) is 1.53. The van der Waals surface area contributed by atoms with Crippen LogP contribution >= 0.6 is 0 Å². The van der Waals surface area contributed by atoms with E-state index >= 15 is 0 Å². The maximum atomic E-state index is 12.1. The molecule has 1 aliphatic heterocycles. The first-order chi connectivity index (χ1) is 14.9. The van der Waals surface area contributed by atoms with Gasteiger partial charge in [-0.2, -0.15) is 0 Å². The standard InChI is InChI=1S/C23H29N5O3/c1-16(2)30-20-8-6-5-7-18(20)19-15-24-21-9-10-22(25-28(19)21)26-11-13-27(14-12-26)23(29)31-17(3)4/h5-10,15-17H,11-14H2,1-4H3. The fraction of sp³-hybridized carbons (Fsp3) is 0.435. The average molecular weight is 424 g/mol. The van der Waals surface area contributed by atoms with Crippen molar-refractivity contribution in [3.63, 3.8) is 0 Å². The topological polar surface area (TPSA) is 72.2 Å². The molecule has 8 nitrogen and oxygen atoms in total. The van der Waals surface area contributed by atoms with Crippen LogP contribution in [0.2, 0.25) is 0 Å². The van der Waals surface area contributed by atoms with Crippen LogP contribution in [0.5, 0.6) is 5.75 Å². The monoisotopic (exact) mass is 423 g/mol. The van der Waals surface area contributed by atoms with Crippen molar-refractivity contribution in [1.29, 1.82) is 0 Å². The maximum Gasteiger partial charge on any atom is 0.410 e. The van der Waals surface area contributed by atoms with Crippen molar-refractivity contribution in [2.45, 2.75) is 39.9 Å². The lowest BCUT2D eigenvalue weighted by Crippen LogP contribution is -2.49. The van der Waals surface area contributed by atoms with Crippen LogP contribution in [0.25, 0.3) is 16.9 Å². The van der Waals surface area contributed by atoms with Crippen molar-refractivity contribution in [2.75, 3.05) is 31.1 Å². The zero-order valence-corrected chi connectivity index (χ0v) is 18.5. The summed E-state index contributed by atoms with van der Waals surface area (Å²) in [5.74, 6) is 1.66. The summed E-state index contributed by atoms with van der Waals surface area (Å²) < 4.78 is 13.2. The lowest BCUT2D eigenvalue weighted by molar-refractivity contribution is 0.0751. The fourth-order valence-corrected chi connectivity index (χ4v) is 3.65. The Labute approximate surface area is 182 Å². The van der Waals surface area contributed by atoms with E-state index in [1.165, 1.54) is 0 Å². The molecule has 1 aromatic carbocycles. The van der Waals surface area contributed by atoms with Gasteiger partial charge in [0.05, 0.1) is 24.1 Å². The Bertz CT molecular complexity index is 1050. The molecule has 0 radical (unpaired) electrons. The van der Waals surface area contributed by atoms with E-state index in [1.54, 1.807) is 4.90 Å². The van der Waals surface area contributed by atoms with Crippen LogP contribution in [-0.4, -0.2) is 64.0 Å². The van der Waals surface area contributed by atoms with Crippen LogP contribution in [0.15, 0.2) is 42.6 Å². The van der Waals surface area contributed by atoms with E-state index in [0.717, 1.165) is 28.5 Å². The molecule has 4 rings (SSSR count). The number of nitrogens with zero attached hydrogens (tertiary/aromatic N) is 5. The second-order valence-corrected chi connectivity index (χ2v) is 8.17. The number of anilines is 1. The van der Waals surface area contributed by atoms with Crippen LogP contribution in [0.1, 0.15) is 27.7 Å². The molecule has 0 unspecified atom stereocenters. The Hall–Kier alpha value is -3.29. The zero-order valence-electron chi connectivity index (χ0n) is 18.5. The molecule has 31 heavy (non-hydrogen) atoms. The van der Waals surface area contributed by atoms with Gasteiger partial charge in [0, 0.05) is 31.7 Å². The number of imidazole rings is 1. The van der Waals surface area contributed by atoms with Crippen molar-refractivity contribution < 1.29 is 14.3 Å². The smallest absolute Gasteiger partial charge is 0.410 e. The molecule has 8 heteroatoms. The number of aromatic nitrogens is 3. The summed E-state index contributed by atoms with van der Waals surface area (Å²) in [4.78, 5) is 20.6. The lowest BCUT2D eigenvalue weighted by Gasteiger charge is -2.35. The molecule has 0 spiro atoms. The first kappa shape index (κ1) is 21.0. The molecule has 1 fully saturated rings. The summed E-state index contributed by atoms with van der Waals surface area (Å²) in [7, 11) is 0. The van der Waals surface area contributed by atoms with E-state index in [9.17, 15) is 4.79 Å². The zero-order chi connectivity index (χ0) is 22.0. The molecule has 0 aliphatic carbocycles. The van der Waals surface area contributed by atoms with Gasteiger partial charge in [-0.15, -0.1) is 5.10 Å². The summed E-state index contributed by atoms with van der Waals surface area (Å²) in [6, 6.07) is 11.9. The third-order valence-electron chi connectivity index (χ3n) is 5.07. The molecular weight excluding hydrogens is 394 g/mol.